The van der Waals surface area contributed by atoms with Crippen LogP contribution in [0, 0.1) is 5.82 Å². The number of nitrogens with one attached hydrogen (secondary N) is 1. The molecule has 4 aromatic rings. The molecule has 1 amide bonds. The molecule has 0 radical (unpaired) electrons. The van der Waals surface area contributed by atoms with Gasteiger partial charge < -0.3 is 10.1 Å². The first kappa shape index (κ1) is 22.5. The van der Waals surface area contributed by atoms with Gasteiger partial charge in [-0.05, 0) is 53.8 Å². The number of aromatic nitrogens is 2. The molecule has 0 atom stereocenters. The minimum atomic E-state index is -0.559. The van der Waals surface area contributed by atoms with Gasteiger partial charge in [-0.15, -0.1) is 11.3 Å². The molecule has 7 nitrogen and oxygen atoms in total. The first-order valence-electron chi connectivity index (χ1n) is 10.4. The van der Waals surface area contributed by atoms with Crippen molar-refractivity contribution in [3.63, 3.8) is 0 Å². The van der Waals surface area contributed by atoms with E-state index in [0.717, 1.165) is 15.7 Å². The maximum atomic E-state index is 13.2. The highest BCUT2D eigenvalue weighted by Gasteiger charge is 2.17. The number of amides is 1. The molecular weight excluding hydrogens is 445 g/mol. The van der Waals surface area contributed by atoms with E-state index in [4.69, 9.17) is 4.74 Å². The molecule has 0 spiro atoms. The zero-order chi connectivity index (χ0) is 23.4. The summed E-state index contributed by atoms with van der Waals surface area (Å²) >= 11 is 1.23. The Hall–Kier alpha value is -3.72. The second-order valence-electron chi connectivity index (χ2n) is 7.38. The van der Waals surface area contributed by atoms with Gasteiger partial charge in [-0.3, -0.25) is 18.7 Å². The van der Waals surface area contributed by atoms with Crippen molar-refractivity contribution in [2.45, 2.75) is 26.6 Å². The maximum Gasteiger partial charge on any atom is 0.332 e. The number of carbonyl (C=O) groups is 1. The Morgan fingerprint density at radius 2 is 1.70 bits per heavy atom. The second kappa shape index (κ2) is 9.83. The number of rotatable bonds is 8. The fraction of sp³-hybridized carbons (Fsp3) is 0.208. The number of thiophene rings is 1. The number of benzene rings is 2. The minimum Gasteiger partial charge on any atom is -0.494 e. The average molecular weight is 468 g/mol. The first-order valence-corrected chi connectivity index (χ1v) is 11.3. The van der Waals surface area contributed by atoms with Crippen LogP contribution >= 0.6 is 11.3 Å². The van der Waals surface area contributed by atoms with E-state index in [9.17, 15) is 18.8 Å². The number of hydrogen-bond acceptors (Lipinski definition) is 5. The molecule has 0 saturated carbocycles. The van der Waals surface area contributed by atoms with Gasteiger partial charge in [0.25, 0.3) is 5.56 Å². The lowest BCUT2D eigenvalue weighted by Crippen LogP contribution is -2.42. The Balaban J connectivity index is 1.59. The van der Waals surface area contributed by atoms with Crippen LogP contribution in [0.3, 0.4) is 0 Å². The zero-order valence-electron chi connectivity index (χ0n) is 17.9. The van der Waals surface area contributed by atoms with E-state index in [0.29, 0.717) is 22.6 Å². The second-order valence-corrected chi connectivity index (χ2v) is 8.29. The van der Waals surface area contributed by atoms with Gasteiger partial charge in [-0.25, -0.2) is 9.18 Å². The maximum absolute atomic E-state index is 13.2. The smallest absolute Gasteiger partial charge is 0.332 e. The Kier molecular flexibility index (Phi) is 6.69. The number of nitrogens with zero attached hydrogens (tertiary/aromatic N) is 2. The van der Waals surface area contributed by atoms with E-state index in [-0.39, 0.29) is 36.9 Å². The predicted octanol–water partition coefficient (Wildman–Crippen LogP) is 3.13. The zero-order valence-corrected chi connectivity index (χ0v) is 18.7. The van der Waals surface area contributed by atoms with E-state index in [1.807, 2.05) is 6.92 Å². The third-order valence-corrected chi connectivity index (χ3v) is 6.01. The van der Waals surface area contributed by atoms with Crippen LogP contribution in [0.25, 0.3) is 10.2 Å². The Bertz CT molecular complexity index is 1390. The van der Waals surface area contributed by atoms with Crippen LogP contribution in [-0.4, -0.2) is 21.6 Å². The molecule has 2 heterocycles. The molecule has 1 N–H and O–H groups in total. The number of fused-ring (bicyclic) bond motifs is 1. The van der Waals surface area contributed by atoms with E-state index in [1.165, 1.54) is 28.0 Å². The summed E-state index contributed by atoms with van der Waals surface area (Å²) in [7, 11) is 0. The molecule has 0 aliphatic carbocycles. The number of hydrogen-bond donors (Lipinski definition) is 1. The van der Waals surface area contributed by atoms with Gasteiger partial charge in [0.05, 0.1) is 18.7 Å². The normalized spacial score (nSPS) is 11.0. The van der Waals surface area contributed by atoms with Crippen LogP contribution in [0.15, 0.2) is 69.6 Å². The summed E-state index contributed by atoms with van der Waals surface area (Å²) in [5.41, 5.74) is 0.979. The van der Waals surface area contributed by atoms with Crippen LogP contribution in [0.4, 0.5) is 4.39 Å². The van der Waals surface area contributed by atoms with Gasteiger partial charge in [-0.2, -0.15) is 0 Å². The predicted molar refractivity (Wildman–Crippen MR) is 125 cm³/mol. The fourth-order valence-corrected chi connectivity index (χ4v) is 4.31. The van der Waals surface area contributed by atoms with Crippen molar-refractivity contribution >= 4 is 27.5 Å². The van der Waals surface area contributed by atoms with Crippen LogP contribution in [0.1, 0.15) is 18.1 Å². The first-order chi connectivity index (χ1) is 16.0. The standard InChI is InChI=1S/C24H22FN3O4S/c1-2-32-19-9-5-17(6-10-19)14-28-23(30)22-20(11-12-33-22)27(24(28)31)15-21(29)26-13-16-3-7-18(25)8-4-16/h3-12H,2,13-15H2,1H3,(H,26,29). The van der Waals surface area contributed by atoms with E-state index in [1.54, 1.807) is 47.8 Å². The topological polar surface area (TPSA) is 82.3 Å². The van der Waals surface area contributed by atoms with Gasteiger partial charge in [0.15, 0.2) is 0 Å². The molecule has 4 rings (SSSR count). The highest BCUT2D eigenvalue weighted by molar-refractivity contribution is 7.17. The van der Waals surface area contributed by atoms with Crippen LogP contribution in [-0.2, 0) is 24.4 Å². The van der Waals surface area contributed by atoms with E-state index < -0.39 is 5.69 Å². The van der Waals surface area contributed by atoms with Gasteiger partial charge in [0.2, 0.25) is 5.91 Å². The summed E-state index contributed by atoms with van der Waals surface area (Å²) in [5, 5.41) is 4.46. The van der Waals surface area contributed by atoms with Crippen LogP contribution < -0.4 is 21.3 Å². The summed E-state index contributed by atoms with van der Waals surface area (Å²) in [6, 6.07) is 14.6. The van der Waals surface area contributed by atoms with Crippen molar-refractivity contribution in [2.75, 3.05) is 6.61 Å². The molecule has 0 fully saturated rings. The molecule has 0 aliphatic rings. The van der Waals surface area contributed by atoms with Crippen LogP contribution in [0.5, 0.6) is 5.75 Å². The molecule has 9 heteroatoms. The number of halogens is 1. The third-order valence-electron chi connectivity index (χ3n) is 5.12. The summed E-state index contributed by atoms with van der Waals surface area (Å²) in [5.74, 6) is -0.0380. The highest BCUT2D eigenvalue weighted by Crippen LogP contribution is 2.16. The molecule has 2 aromatic carbocycles. The van der Waals surface area contributed by atoms with E-state index >= 15 is 0 Å². The molecule has 0 unspecified atom stereocenters. The third kappa shape index (κ3) is 5.04. The summed E-state index contributed by atoms with van der Waals surface area (Å²) in [4.78, 5) is 38.8. The van der Waals surface area contributed by atoms with Gasteiger partial charge in [0, 0.05) is 6.54 Å². The van der Waals surface area contributed by atoms with Crippen molar-refractivity contribution in [1.82, 2.24) is 14.5 Å². The van der Waals surface area contributed by atoms with Gasteiger partial charge >= 0.3 is 5.69 Å². The minimum absolute atomic E-state index is 0.0785. The molecule has 0 saturated heterocycles. The summed E-state index contributed by atoms with van der Waals surface area (Å²) in [6.07, 6.45) is 0. The van der Waals surface area contributed by atoms with Crippen molar-refractivity contribution in [3.8, 4) is 5.75 Å². The van der Waals surface area contributed by atoms with Crippen molar-refractivity contribution < 1.29 is 13.9 Å². The molecule has 33 heavy (non-hydrogen) atoms. The lowest BCUT2D eigenvalue weighted by Gasteiger charge is -2.13. The highest BCUT2D eigenvalue weighted by atomic mass is 32.1. The number of carbonyl (C=O) groups excluding carboxylic acids is 1. The lowest BCUT2D eigenvalue weighted by atomic mass is 10.2. The van der Waals surface area contributed by atoms with Crippen molar-refractivity contribution in [3.05, 3.63) is 97.8 Å². The largest absolute Gasteiger partial charge is 0.494 e. The molecule has 2 aromatic heterocycles. The molecular formula is C24H22FN3O4S. The quantitative estimate of drug-likeness (QED) is 0.432. The summed E-state index contributed by atoms with van der Waals surface area (Å²) in [6.45, 7) is 2.47. The Morgan fingerprint density at radius 1 is 1.00 bits per heavy atom. The molecule has 0 bridgehead atoms. The lowest BCUT2D eigenvalue weighted by molar-refractivity contribution is -0.121. The van der Waals surface area contributed by atoms with Gasteiger partial charge in [-0.1, -0.05) is 24.3 Å². The van der Waals surface area contributed by atoms with Gasteiger partial charge in [0.1, 0.15) is 22.8 Å². The van der Waals surface area contributed by atoms with Crippen LogP contribution in [0.2, 0.25) is 0 Å². The summed E-state index contributed by atoms with van der Waals surface area (Å²) < 4.78 is 21.3. The van der Waals surface area contributed by atoms with Crippen molar-refractivity contribution in [2.24, 2.45) is 0 Å². The molecule has 170 valence electrons. The molecule has 0 aliphatic heterocycles. The van der Waals surface area contributed by atoms with Crippen molar-refractivity contribution in [1.29, 1.82) is 0 Å². The van der Waals surface area contributed by atoms with E-state index in [2.05, 4.69) is 5.32 Å². The Morgan fingerprint density at radius 3 is 2.39 bits per heavy atom. The fourth-order valence-electron chi connectivity index (χ4n) is 3.47. The Labute approximate surface area is 192 Å². The monoisotopic (exact) mass is 467 g/mol. The average Bonchev–Trinajstić information content (AvgIpc) is 3.30. The number of ether oxygens (including phenoxy) is 1. The SMILES string of the molecule is CCOc1ccc(Cn2c(=O)c3sccc3n(CC(=O)NCc3ccc(F)cc3)c2=O)cc1.